The lowest BCUT2D eigenvalue weighted by Gasteiger charge is -2.23. The van der Waals surface area contributed by atoms with Gasteiger partial charge in [0.2, 0.25) is 0 Å². The predicted octanol–water partition coefficient (Wildman–Crippen LogP) is 4.04. The monoisotopic (exact) mass is 279 g/mol. The van der Waals surface area contributed by atoms with E-state index >= 15 is 0 Å². The summed E-state index contributed by atoms with van der Waals surface area (Å²) in [5, 5.41) is 4.11. The molecule has 1 heterocycles. The molecular weight excluding hydrogens is 257 g/mol. The zero-order valence-corrected chi connectivity index (χ0v) is 12.5. The van der Waals surface area contributed by atoms with Crippen molar-refractivity contribution in [1.82, 2.24) is 5.32 Å². The molecule has 4 heteroatoms. The summed E-state index contributed by atoms with van der Waals surface area (Å²) in [5.74, 6) is 0.521. The number of hydrogen-bond acceptors (Lipinski definition) is 3. The Kier molecular flexibility index (Phi) is 4.45. The van der Waals surface area contributed by atoms with Gasteiger partial charge in [0.05, 0.1) is 18.2 Å². The number of likely N-dealkylation sites (N-methyl/N-ethyl adjacent to an activating group) is 1. The maximum absolute atomic E-state index is 13.2. The number of rotatable bonds is 5. The number of fused-ring (bicyclic) bond motifs is 1. The molecule has 20 heavy (non-hydrogen) atoms. The molecule has 0 bridgehead atoms. The summed E-state index contributed by atoms with van der Waals surface area (Å²) in [6, 6.07) is 6.38. The van der Waals surface area contributed by atoms with E-state index in [0.29, 0.717) is 12.2 Å². The van der Waals surface area contributed by atoms with E-state index in [1.807, 2.05) is 33.8 Å². The fourth-order valence-corrected chi connectivity index (χ4v) is 2.03. The third-order valence-electron chi connectivity index (χ3n) is 2.97. The van der Waals surface area contributed by atoms with Crippen LogP contribution in [0.4, 0.5) is 4.39 Å². The Hall–Kier alpha value is -1.39. The van der Waals surface area contributed by atoms with Crippen molar-refractivity contribution in [1.29, 1.82) is 0 Å². The zero-order valence-electron chi connectivity index (χ0n) is 12.5. The van der Waals surface area contributed by atoms with Crippen LogP contribution in [0.15, 0.2) is 28.7 Å². The molecule has 2 rings (SSSR count). The van der Waals surface area contributed by atoms with Gasteiger partial charge < -0.3 is 14.5 Å². The maximum atomic E-state index is 13.2. The van der Waals surface area contributed by atoms with Crippen molar-refractivity contribution in [3.8, 4) is 0 Å². The van der Waals surface area contributed by atoms with Gasteiger partial charge in [-0.1, -0.05) is 6.92 Å². The number of benzene rings is 1. The largest absolute Gasteiger partial charge is 0.459 e. The lowest BCUT2D eigenvalue weighted by atomic mass is 10.1. The van der Waals surface area contributed by atoms with Gasteiger partial charge in [0.15, 0.2) is 0 Å². The SMILES string of the molecule is CCNC(COC(C)(C)C)c1cc2cc(F)ccc2o1. The van der Waals surface area contributed by atoms with E-state index in [-0.39, 0.29) is 17.5 Å². The molecule has 0 aliphatic rings. The minimum absolute atomic E-state index is 0.0327. The van der Waals surface area contributed by atoms with E-state index in [0.717, 1.165) is 17.7 Å². The molecule has 0 amide bonds. The van der Waals surface area contributed by atoms with Crippen LogP contribution in [0.25, 0.3) is 11.0 Å². The van der Waals surface area contributed by atoms with Gasteiger partial charge in [-0.05, 0) is 51.6 Å². The average Bonchev–Trinajstić information content (AvgIpc) is 2.75. The summed E-state index contributed by atoms with van der Waals surface area (Å²) >= 11 is 0. The summed E-state index contributed by atoms with van der Waals surface area (Å²) in [7, 11) is 0. The van der Waals surface area contributed by atoms with Gasteiger partial charge in [-0.2, -0.15) is 0 Å². The number of nitrogens with one attached hydrogen (secondary N) is 1. The first-order chi connectivity index (χ1) is 9.39. The first-order valence-electron chi connectivity index (χ1n) is 6.95. The highest BCUT2D eigenvalue weighted by Gasteiger charge is 2.19. The highest BCUT2D eigenvalue weighted by molar-refractivity contribution is 5.78. The van der Waals surface area contributed by atoms with E-state index < -0.39 is 0 Å². The fraction of sp³-hybridized carbons (Fsp3) is 0.500. The van der Waals surface area contributed by atoms with E-state index in [1.165, 1.54) is 12.1 Å². The van der Waals surface area contributed by atoms with Crippen molar-refractivity contribution in [2.75, 3.05) is 13.2 Å². The van der Waals surface area contributed by atoms with Crippen LogP contribution in [0.5, 0.6) is 0 Å². The van der Waals surface area contributed by atoms with E-state index in [1.54, 1.807) is 6.07 Å². The van der Waals surface area contributed by atoms with Crippen LogP contribution in [0, 0.1) is 5.82 Å². The lowest BCUT2D eigenvalue weighted by molar-refractivity contribution is -0.0168. The number of halogens is 1. The number of furan rings is 1. The first kappa shape index (κ1) is 15.0. The molecule has 110 valence electrons. The van der Waals surface area contributed by atoms with Gasteiger partial charge >= 0.3 is 0 Å². The molecule has 0 radical (unpaired) electrons. The van der Waals surface area contributed by atoms with Crippen molar-refractivity contribution in [2.24, 2.45) is 0 Å². The van der Waals surface area contributed by atoms with Crippen LogP contribution in [0.2, 0.25) is 0 Å². The minimum atomic E-state index is -0.254. The lowest BCUT2D eigenvalue weighted by Crippen LogP contribution is -2.30. The molecule has 1 N–H and O–H groups in total. The molecule has 3 nitrogen and oxygen atoms in total. The molecule has 1 aromatic heterocycles. The quantitative estimate of drug-likeness (QED) is 0.897. The summed E-state index contributed by atoms with van der Waals surface area (Å²) in [5.41, 5.74) is 0.492. The summed E-state index contributed by atoms with van der Waals surface area (Å²) < 4.78 is 24.8. The van der Waals surface area contributed by atoms with E-state index in [4.69, 9.17) is 9.15 Å². The van der Waals surface area contributed by atoms with Gasteiger partial charge in [0.1, 0.15) is 17.2 Å². The Morgan fingerprint density at radius 3 is 2.70 bits per heavy atom. The van der Waals surface area contributed by atoms with Crippen LogP contribution >= 0.6 is 0 Å². The van der Waals surface area contributed by atoms with Gasteiger partial charge in [-0.25, -0.2) is 4.39 Å². The molecule has 0 aliphatic carbocycles. The molecule has 1 atom stereocenters. The Morgan fingerprint density at radius 1 is 1.30 bits per heavy atom. The van der Waals surface area contributed by atoms with Crippen molar-refractivity contribution in [3.63, 3.8) is 0 Å². The molecule has 0 saturated carbocycles. The first-order valence-corrected chi connectivity index (χ1v) is 6.95. The average molecular weight is 279 g/mol. The second-order valence-corrected chi connectivity index (χ2v) is 5.86. The highest BCUT2D eigenvalue weighted by Crippen LogP contribution is 2.25. The standard InChI is InChI=1S/C16H22FNO2/c1-5-18-13(10-19-16(2,3)4)15-9-11-8-12(17)6-7-14(11)20-15/h6-9,13,18H,5,10H2,1-4H3. The third kappa shape index (κ3) is 3.81. The van der Waals surface area contributed by atoms with Crippen LogP contribution in [-0.2, 0) is 4.74 Å². The van der Waals surface area contributed by atoms with Crippen LogP contribution in [-0.4, -0.2) is 18.8 Å². The summed E-state index contributed by atoms with van der Waals surface area (Å²) in [4.78, 5) is 0. The van der Waals surface area contributed by atoms with Crippen LogP contribution in [0.1, 0.15) is 39.5 Å². The Morgan fingerprint density at radius 2 is 2.05 bits per heavy atom. The zero-order chi connectivity index (χ0) is 14.8. The number of hydrogen-bond donors (Lipinski definition) is 1. The normalized spacial score (nSPS) is 13.8. The van der Waals surface area contributed by atoms with Crippen LogP contribution in [0.3, 0.4) is 0 Å². The van der Waals surface area contributed by atoms with Crippen LogP contribution < -0.4 is 5.32 Å². The molecule has 1 aromatic carbocycles. The molecule has 0 fully saturated rings. The smallest absolute Gasteiger partial charge is 0.134 e. The summed E-state index contributed by atoms with van der Waals surface area (Å²) in [6.07, 6.45) is 0. The van der Waals surface area contributed by atoms with Gasteiger partial charge in [-0.3, -0.25) is 0 Å². The molecule has 2 aromatic rings. The third-order valence-corrected chi connectivity index (χ3v) is 2.97. The van der Waals surface area contributed by atoms with Gasteiger partial charge in [0, 0.05) is 5.39 Å². The topological polar surface area (TPSA) is 34.4 Å². The Bertz CT molecular complexity index is 571. The highest BCUT2D eigenvalue weighted by atomic mass is 19.1. The van der Waals surface area contributed by atoms with Crippen molar-refractivity contribution >= 4 is 11.0 Å². The predicted molar refractivity (Wildman–Crippen MR) is 78.3 cm³/mol. The number of ether oxygens (including phenoxy) is 1. The molecule has 0 aliphatic heterocycles. The molecule has 0 spiro atoms. The van der Waals surface area contributed by atoms with Crippen molar-refractivity contribution < 1.29 is 13.5 Å². The van der Waals surface area contributed by atoms with Gasteiger partial charge in [-0.15, -0.1) is 0 Å². The van der Waals surface area contributed by atoms with Gasteiger partial charge in [0.25, 0.3) is 0 Å². The Balaban J connectivity index is 2.22. The molecule has 1 unspecified atom stereocenters. The van der Waals surface area contributed by atoms with Crippen molar-refractivity contribution in [2.45, 2.75) is 39.3 Å². The Labute approximate surface area is 119 Å². The minimum Gasteiger partial charge on any atom is -0.459 e. The fourth-order valence-electron chi connectivity index (χ4n) is 2.03. The van der Waals surface area contributed by atoms with E-state index in [9.17, 15) is 4.39 Å². The van der Waals surface area contributed by atoms with Crippen molar-refractivity contribution in [3.05, 3.63) is 35.8 Å². The molecular formula is C16H22FNO2. The summed E-state index contributed by atoms with van der Waals surface area (Å²) in [6.45, 7) is 9.41. The second-order valence-electron chi connectivity index (χ2n) is 5.86. The molecule has 0 saturated heterocycles. The second kappa shape index (κ2) is 5.94. The maximum Gasteiger partial charge on any atom is 0.134 e. The van der Waals surface area contributed by atoms with E-state index in [2.05, 4.69) is 5.32 Å².